The fourth-order valence-corrected chi connectivity index (χ4v) is 2.82. The van der Waals surface area contributed by atoms with Crippen molar-refractivity contribution >= 4 is 11.8 Å². The molecule has 0 bridgehead atoms. The Kier molecular flexibility index (Phi) is 6.58. The number of aliphatic hydroxyl groups excluding tert-OH is 1. The number of phenolic OH excluding ortho intramolecular Hbond substituents is 1. The zero-order chi connectivity index (χ0) is 18.4. The number of cyclic esters (lactones) is 1. The van der Waals surface area contributed by atoms with E-state index in [1.165, 1.54) is 19.3 Å². The van der Waals surface area contributed by atoms with Crippen LogP contribution < -0.4 is 4.74 Å². The molecule has 0 amide bonds. The highest BCUT2D eigenvalue weighted by atomic mass is 16.5. The molecule has 1 aliphatic heterocycles. The summed E-state index contributed by atoms with van der Waals surface area (Å²) in [4.78, 5) is 24.2. The summed E-state index contributed by atoms with van der Waals surface area (Å²) in [6, 6.07) is 3.06. The Bertz CT molecular complexity index is 664. The number of hydrogen-bond acceptors (Lipinski definition) is 6. The predicted molar refractivity (Wildman–Crippen MR) is 91.9 cm³/mol. The van der Waals surface area contributed by atoms with E-state index in [2.05, 4.69) is 0 Å². The summed E-state index contributed by atoms with van der Waals surface area (Å²) in [6.45, 7) is 1.72. The minimum atomic E-state index is -0.730. The molecule has 2 atom stereocenters. The van der Waals surface area contributed by atoms with Crippen molar-refractivity contribution in [2.45, 2.75) is 51.2 Å². The molecular weight excluding hydrogens is 324 g/mol. The largest absolute Gasteiger partial charge is 0.507 e. The minimum Gasteiger partial charge on any atom is -0.507 e. The van der Waals surface area contributed by atoms with Gasteiger partial charge in [-0.25, -0.2) is 4.79 Å². The first kappa shape index (κ1) is 19.0. The second-order valence-electron chi connectivity index (χ2n) is 6.25. The van der Waals surface area contributed by atoms with Crippen molar-refractivity contribution in [1.29, 1.82) is 0 Å². The van der Waals surface area contributed by atoms with Gasteiger partial charge in [-0.1, -0.05) is 6.08 Å². The summed E-state index contributed by atoms with van der Waals surface area (Å²) in [5.41, 5.74) is 0.722. The van der Waals surface area contributed by atoms with E-state index in [-0.39, 0.29) is 23.5 Å². The van der Waals surface area contributed by atoms with Crippen LogP contribution in [0.3, 0.4) is 0 Å². The van der Waals surface area contributed by atoms with E-state index < -0.39 is 18.2 Å². The van der Waals surface area contributed by atoms with Gasteiger partial charge in [0.05, 0.1) is 13.2 Å². The van der Waals surface area contributed by atoms with E-state index in [1.54, 1.807) is 19.1 Å². The maximum absolute atomic E-state index is 12.5. The molecule has 0 aliphatic carbocycles. The van der Waals surface area contributed by atoms with Crippen molar-refractivity contribution < 1.29 is 29.3 Å². The van der Waals surface area contributed by atoms with Crippen LogP contribution in [-0.2, 0) is 16.0 Å². The van der Waals surface area contributed by atoms with Crippen LogP contribution in [-0.4, -0.2) is 41.3 Å². The number of fused-ring (bicyclic) bond motifs is 1. The van der Waals surface area contributed by atoms with Crippen LogP contribution in [0.1, 0.15) is 48.5 Å². The molecule has 0 spiro atoms. The molecule has 1 aliphatic rings. The van der Waals surface area contributed by atoms with E-state index >= 15 is 0 Å². The summed E-state index contributed by atoms with van der Waals surface area (Å²) < 4.78 is 10.5. The Morgan fingerprint density at radius 3 is 2.76 bits per heavy atom. The topological polar surface area (TPSA) is 93.1 Å². The van der Waals surface area contributed by atoms with Crippen LogP contribution in [0.15, 0.2) is 24.3 Å². The molecule has 0 saturated heterocycles. The fourth-order valence-electron chi connectivity index (χ4n) is 2.82. The number of methoxy groups -OCH3 is 1. The Morgan fingerprint density at radius 1 is 1.28 bits per heavy atom. The molecular formula is C19H24O6. The summed E-state index contributed by atoms with van der Waals surface area (Å²) in [6.07, 6.45) is 3.74. The Morgan fingerprint density at radius 2 is 2.04 bits per heavy atom. The van der Waals surface area contributed by atoms with Crippen molar-refractivity contribution in [2.24, 2.45) is 0 Å². The van der Waals surface area contributed by atoms with Crippen molar-refractivity contribution in [3.8, 4) is 11.5 Å². The maximum Gasteiger partial charge on any atom is 0.342 e. The lowest BCUT2D eigenvalue weighted by molar-refractivity contribution is -0.116. The number of carbonyl (C=O) groups is 2. The van der Waals surface area contributed by atoms with Gasteiger partial charge in [-0.15, -0.1) is 0 Å². The molecule has 1 heterocycles. The van der Waals surface area contributed by atoms with Gasteiger partial charge in [0.25, 0.3) is 0 Å². The molecule has 1 aromatic rings. The summed E-state index contributed by atoms with van der Waals surface area (Å²) in [5.74, 6) is -0.510. The maximum atomic E-state index is 12.5. The van der Waals surface area contributed by atoms with E-state index in [0.717, 1.165) is 0 Å². The Balaban J connectivity index is 2.33. The Labute approximate surface area is 147 Å². The molecule has 136 valence electrons. The smallest absolute Gasteiger partial charge is 0.342 e. The Hall–Kier alpha value is -2.34. The zero-order valence-electron chi connectivity index (χ0n) is 14.5. The number of ketones is 1. The molecule has 2 N–H and O–H groups in total. The fraction of sp³-hybridized carbons (Fsp3) is 0.474. The van der Waals surface area contributed by atoms with Crippen molar-refractivity contribution in [3.05, 3.63) is 35.4 Å². The minimum absolute atomic E-state index is 0.0703. The molecule has 1 aromatic carbocycles. The third-order valence-electron chi connectivity index (χ3n) is 4.11. The number of aliphatic hydroxyl groups is 1. The standard InChI is InChI=1S/C19H24O6/c1-12-5-3-7-14(20)10-15(21)8-4-6-13-9-16(24-2)11-17(22)18(13)19(23)25-12/h3,7,9,11-12,15,21-22H,4-6,8,10H2,1-2H3/b7-3+/t12-,15-/m0/s1. The number of phenols is 1. The van der Waals surface area contributed by atoms with Crippen LogP contribution >= 0.6 is 0 Å². The number of carbonyl (C=O) groups excluding carboxylic acids is 2. The number of allylic oxidation sites excluding steroid dienone is 1. The van der Waals surface area contributed by atoms with Crippen molar-refractivity contribution in [3.63, 3.8) is 0 Å². The molecule has 6 heteroatoms. The van der Waals surface area contributed by atoms with Crippen LogP contribution in [0.2, 0.25) is 0 Å². The van der Waals surface area contributed by atoms with Gasteiger partial charge in [-0.2, -0.15) is 0 Å². The van der Waals surface area contributed by atoms with Crippen molar-refractivity contribution in [1.82, 2.24) is 0 Å². The van der Waals surface area contributed by atoms with Gasteiger partial charge in [-0.3, -0.25) is 4.79 Å². The van der Waals surface area contributed by atoms with E-state index in [0.29, 0.717) is 37.0 Å². The molecule has 0 radical (unpaired) electrons. The number of aromatic hydroxyl groups is 1. The summed E-state index contributed by atoms with van der Waals surface area (Å²) in [5, 5.41) is 20.2. The third kappa shape index (κ3) is 5.32. The number of ether oxygens (including phenoxy) is 2. The molecule has 2 rings (SSSR count). The second-order valence-corrected chi connectivity index (χ2v) is 6.25. The highest BCUT2D eigenvalue weighted by Gasteiger charge is 2.22. The highest BCUT2D eigenvalue weighted by molar-refractivity contribution is 5.94. The average Bonchev–Trinajstić information content (AvgIpc) is 2.53. The number of rotatable bonds is 1. The van der Waals surface area contributed by atoms with Gasteiger partial charge in [0.2, 0.25) is 0 Å². The molecule has 0 unspecified atom stereocenters. The van der Waals surface area contributed by atoms with Gasteiger partial charge < -0.3 is 19.7 Å². The van der Waals surface area contributed by atoms with Crippen LogP contribution in [0.25, 0.3) is 0 Å². The van der Waals surface area contributed by atoms with E-state index in [9.17, 15) is 19.8 Å². The van der Waals surface area contributed by atoms with Gasteiger partial charge in [-0.05, 0) is 43.9 Å². The monoisotopic (exact) mass is 348 g/mol. The third-order valence-corrected chi connectivity index (χ3v) is 4.11. The van der Waals surface area contributed by atoms with Gasteiger partial charge in [0.1, 0.15) is 23.2 Å². The zero-order valence-corrected chi connectivity index (χ0v) is 14.5. The number of benzene rings is 1. The first-order valence-electron chi connectivity index (χ1n) is 8.39. The van der Waals surface area contributed by atoms with Gasteiger partial charge in [0.15, 0.2) is 5.78 Å². The molecule has 0 saturated carbocycles. The van der Waals surface area contributed by atoms with E-state index in [1.807, 2.05) is 0 Å². The van der Waals surface area contributed by atoms with E-state index in [4.69, 9.17) is 9.47 Å². The number of hydrogen-bond donors (Lipinski definition) is 2. The lowest BCUT2D eigenvalue weighted by atomic mass is 9.98. The molecule has 0 fully saturated rings. The number of aryl methyl sites for hydroxylation is 1. The first-order chi connectivity index (χ1) is 11.9. The van der Waals surface area contributed by atoms with Crippen molar-refractivity contribution in [2.75, 3.05) is 7.11 Å². The second kappa shape index (κ2) is 8.67. The molecule has 6 nitrogen and oxygen atoms in total. The first-order valence-corrected chi connectivity index (χ1v) is 8.39. The summed E-state index contributed by atoms with van der Waals surface area (Å²) in [7, 11) is 1.48. The van der Waals surface area contributed by atoms with Gasteiger partial charge >= 0.3 is 5.97 Å². The summed E-state index contributed by atoms with van der Waals surface area (Å²) >= 11 is 0. The average molecular weight is 348 g/mol. The normalized spacial score (nSPS) is 24.0. The highest BCUT2D eigenvalue weighted by Crippen LogP contribution is 2.30. The predicted octanol–water partition coefficient (Wildman–Crippen LogP) is 2.55. The number of esters is 1. The lowest BCUT2D eigenvalue weighted by Crippen LogP contribution is -2.17. The van der Waals surface area contributed by atoms with Crippen LogP contribution in [0.4, 0.5) is 0 Å². The molecule has 25 heavy (non-hydrogen) atoms. The van der Waals surface area contributed by atoms with Crippen LogP contribution in [0.5, 0.6) is 11.5 Å². The quantitative estimate of drug-likeness (QED) is 0.758. The van der Waals surface area contributed by atoms with Gasteiger partial charge in [0, 0.05) is 18.9 Å². The SMILES string of the molecule is COc1cc(O)c2c(c1)CCC[C@H](O)CC(=O)/C=C/C[C@H](C)OC2=O. The molecule has 0 aromatic heterocycles. The lowest BCUT2D eigenvalue weighted by Gasteiger charge is -2.17. The van der Waals surface area contributed by atoms with Crippen LogP contribution in [0, 0.1) is 0 Å².